The van der Waals surface area contributed by atoms with Crippen molar-refractivity contribution in [2.45, 2.75) is 31.1 Å². The van der Waals surface area contributed by atoms with Gasteiger partial charge in [-0.25, -0.2) is 13.1 Å². The van der Waals surface area contributed by atoms with Crippen LogP contribution in [0.1, 0.15) is 25.3 Å². The summed E-state index contributed by atoms with van der Waals surface area (Å²) in [6.07, 6.45) is 0.591. The number of hydrogen-bond donors (Lipinski definition) is 1. The Balaban J connectivity index is 2.10. The lowest BCUT2D eigenvalue weighted by atomic mass is 10.2. The average molecular weight is 325 g/mol. The number of nitrogens with zero attached hydrogens (tertiary/aromatic N) is 1. The number of aliphatic carboxylic acids is 1. The zero-order valence-electron chi connectivity index (χ0n) is 12.2. The predicted molar refractivity (Wildman–Crippen MR) is 77.6 cm³/mol. The van der Waals surface area contributed by atoms with Crippen LogP contribution in [0.15, 0.2) is 23.1 Å². The topological polar surface area (TPSA) is 107 Å². The summed E-state index contributed by atoms with van der Waals surface area (Å²) in [6, 6.07) is 4.63. The first-order valence-corrected chi connectivity index (χ1v) is 8.40. The van der Waals surface area contributed by atoms with Gasteiger partial charge >= 0.3 is 0 Å². The lowest BCUT2D eigenvalue weighted by Crippen LogP contribution is -2.28. The van der Waals surface area contributed by atoms with E-state index in [0.717, 1.165) is 11.3 Å². The number of fused-ring (bicyclic) bond motifs is 1. The molecule has 1 aliphatic rings. The van der Waals surface area contributed by atoms with Crippen LogP contribution >= 0.6 is 0 Å². The third kappa shape index (κ3) is 3.63. The summed E-state index contributed by atoms with van der Waals surface area (Å²) in [6.45, 7) is 2.05. The zero-order chi connectivity index (χ0) is 16.3. The minimum Gasteiger partial charge on any atom is -0.550 e. The monoisotopic (exact) mass is 325 g/mol. The largest absolute Gasteiger partial charge is 0.550 e. The predicted octanol–water partition coefficient (Wildman–Crippen LogP) is -0.596. The Morgan fingerprint density at radius 2 is 2.09 bits per heavy atom. The summed E-state index contributed by atoms with van der Waals surface area (Å²) in [5.74, 6) is -1.28. The molecule has 0 aliphatic carbocycles. The average Bonchev–Trinajstić information content (AvgIpc) is 2.86. The van der Waals surface area contributed by atoms with Crippen LogP contribution in [-0.4, -0.2) is 33.4 Å². The number of carboxylic acid groups (broad SMARTS) is 1. The van der Waals surface area contributed by atoms with Crippen LogP contribution in [0.5, 0.6) is 0 Å². The summed E-state index contributed by atoms with van der Waals surface area (Å²) >= 11 is 0. The van der Waals surface area contributed by atoms with Gasteiger partial charge in [0.25, 0.3) is 0 Å². The maximum Gasteiger partial charge on any atom is 0.240 e. The molecule has 0 atom stereocenters. The molecule has 1 aromatic rings. The van der Waals surface area contributed by atoms with E-state index in [-0.39, 0.29) is 30.2 Å². The molecule has 0 fully saturated rings. The van der Waals surface area contributed by atoms with Gasteiger partial charge in [-0.15, -0.1) is 0 Å². The number of carbonyl (C=O) groups excluding carboxylic acids is 2. The van der Waals surface area contributed by atoms with Crippen molar-refractivity contribution >= 4 is 27.6 Å². The third-order valence-corrected chi connectivity index (χ3v) is 4.95. The first-order valence-electron chi connectivity index (χ1n) is 6.92. The number of benzene rings is 1. The molecule has 120 valence electrons. The van der Waals surface area contributed by atoms with Crippen molar-refractivity contribution in [2.24, 2.45) is 0 Å². The van der Waals surface area contributed by atoms with Crippen molar-refractivity contribution in [3.8, 4) is 0 Å². The maximum absolute atomic E-state index is 12.1. The number of amides is 1. The molecule has 1 heterocycles. The van der Waals surface area contributed by atoms with E-state index in [4.69, 9.17) is 0 Å². The van der Waals surface area contributed by atoms with Crippen LogP contribution in [0, 0.1) is 0 Å². The van der Waals surface area contributed by atoms with E-state index in [1.807, 2.05) is 0 Å². The van der Waals surface area contributed by atoms with Crippen LogP contribution in [0.25, 0.3) is 0 Å². The first kappa shape index (κ1) is 16.4. The fourth-order valence-electron chi connectivity index (χ4n) is 2.39. The second-order valence-electron chi connectivity index (χ2n) is 5.08. The molecule has 0 spiro atoms. The summed E-state index contributed by atoms with van der Waals surface area (Å²) in [4.78, 5) is 23.5. The number of hydrogen-bond acceptors (Lipinski definition) is 5. The maximum atomic E-state index is 12.1. The van der Waals surface area contributed by atoms with E-state index in [1.54, 1.807) is 17.0 Å². The standard InChI is InChI=1S/C14H18N2O5S/c1-10(17)16-8-6-11-9-12(4-5-13(11)16)22(20,21)15-7-2-3-14(18)19/h4-5,9,15H,2-3,6-8H2,1H3,(H,18,19)/p-1. The third-order valence-electron chi connectivity index (χ3n) is 3.49. The summed E-state index contributed by atoms with van der Waals surface area (Å²) < 4.78 is 26.6. The molecule has 1 aliphatic heterocycles. The van der Waals surface area contributed by atoms with Crippen LogP contribution < -0.4 is 14.7 Å². The van der Waals surface area contributed by atoms with Crippen molar-refractivity contribution in [1.29, 1.82) is 0 Å². The van der Waals surface area contributed by atoms with Gasteiger partial charge in [0.2, 0.25) is 15.9 Å². The molecule has 1 amide bonds. The van der Waals surface area contributed by atoms with Crippen molar-refractivity contribution in [3.63, 3.8) is 0 Å². The second-order valence-corrected chi connectivity index (χ2v) is 6.85. The number of carboxylic acids is 1. The van der Waals surface area contributed by atoms with Crippen molar-refractivity contribution in [3.05, 3.63) is 23.8 Å². The van der Waals surface area contributed by atoms with Gasteiger partial charge in [0.1, 0.15) is 0 Å². The highest BCUT2D eigenvalue weighted by Gasteiger charge is 2.24. The Morgan fingerprint density at radius 3 is 2.73 bits per heavy atom. The van der Waals surface area contributed by atoms with Crippen molar-refractivity contribution < 1.29 is 23.1 Å². The summed E-state index contributed by atoms with van der Waals surface area (Å²) in [5.41, 5.74) is 1.55. The Kier molecular flexibility index (Phi) is 4.82. The summed E-state index contributed by atoms with van der Waals surface area (Å²) in [7, 11) is -3.68. The number of sulfonamides is 1. The molecule has 0 bridgehead atoms. The molecule has 0 saturated carbocycles. The highest BCUT2D eigenvalue weighted by Crippen LogP contribution is 2.30. The highest BCUT2D eigenvalue weighted by atomic mass is 32.2. The normalized spacial score (nSPS) is 14.0. The first-order chi connectivity index (χ1) is 10.3. The number of carbonyl (C=O) groups is 2. The molecular weight excluding hydrogens is 308 g/mol. The van der Waals surface area contributed by atoms with E-state index < -0.39 is 16.0 Å². The smallest absolute Gasteiger partial charge is 0.240 e. The Morgan fingerprint density at radius 1 is 1.36 bits per heavy atom. The minimum atomic E-state index is -3.68. The molecule has 0 aromatic heterocycles. The molecule has 22 heavy (non-hydrogen) atoms. The molecule has 1 aromatic carbocycles. The lowest BCUT2D eigenvalue weighted by Gasteiger charge is -2.15. The van der Waals surface area contributed by atoms with E-state index in [1.165, 1.54) is 13.0 Å². The van der Waals surface area contributed by atoms with Gasteiger partial charge in [-0.1, -0.05) is 0 Å². The summed E-state index contributed by atoms with van der Waals surface area (Å²) in [5, 5.41) is 10.3. The van der Waals surface area contributed by atoms with Gasteiger partial charge in [-0.3, -0.25) is 4.79 Å². The Labute approximate surface area is 129 Å². The molecular formula is C14H17N2O5S-. The number of anilines is 1. The molecule has 7 nitrogen and oxygen atoms in total. The quantitative estimate of drug-likeness (QED) is 0.703. The van der Waals surface area contributed by atoms with E-state index >= 15 is 0 Å². The van der Waals surface area contributed by atoms with Crippen LogP contribution in [0.2, 0.25) is 0 Å². The van der Waals surface area contributed by atoms with E-state index in [9.17, 15) is 23.1 Å². The molecule has 8 heteroatoms. The van der Waals surface area contributed by atoms with E-state index in [0.29, 0.717) is 13.0 Å². The van der Waals surface area contributed by atoms with Crippen LogP contribution in [-0.2, 0) is 26.0 Å². The lowest BCUT2D eigenvalue weighted by molar-refractivity contribution is -0.305. The molecule has 0 saturated heterocycles. The SMILES string of the molecule is CC(=O)N1CCc2cc(S(=O)(=O)NCCCC(=O)[O-])ccc21. The van der Waals surface area contributed by atoms with Gasteiger partial charge < -0.3 is 14.8 Å². The van der Waals surface area contributed by atoms with Gasteiger partial charge in [-0.2, -0.15) is 0 Å². The Hall–Kier alpha value is -1.93. The zero-order valence-corrected chi connectivity index (χ0v) is 13.0. The van der Waals surface area contributed by atoms with Crippen molar-refractivity contribution in [1.82, 2.24) is 4.72 Å². The highest BCUT2D eigenvalue weighted by molar-refractivity contribution is 7.89. The molecule has 0 unspecified atom stereocenters. The van der Waals surface area contributed by atoms with Gasteiger partial charge in [0.15, 0.2) is 0 Å². The van der Waals surface area contributed by atoms with Crippen molar-refractivity contribution in [2.75, 3.05) is 18.0 Å². The number of rotatable bonds is 6. The van der Waals surface area contributed by atoms with Crippen LogP contribution in [0.3, 0.4) is 0 Å². The fourth-order valence-corrected chi connectivity index (χ4v) is 3.52. The molecule has 1 N–H and O–H groups in total. The second kappa shape index (κ2) is 6.45. The number of nitrogens with one attached hydrogen (secondary N) is 1. The fraction of sp³-hybridized carbons (Fsp3) is 0.429. The van der Waals surface area contributed by atoms with Gasteiger partial charge in [-0.05, 0) is 43.0 Å². The van der Waals surface area contributed by atoms with E-state index in [2.05, 4.69) is 4.72 Å². The molecule has 0 radical (unpaired) electrons. The van der Waals surface area contributed by atoms with Gasteiger partial charge in [0.05, 0.1) is 4.90 Å². The Bertz CT molecular complexity index is 699. The van der Waals surface area contributed by atoms with Gasteiger partial charge in [0, 0.05) is 31.7 Å². The molecule has 2 rings (SSSR count). The van der Waals surface area contributed by atoms with Crippen LogP contribution in [0.4, 0.5) is 5.69 Å². The minimum absolute atomic E-state index is 0.0347.